The molecule has 0 aliphatic carbocycles. The zero-order valence-electron chi connectivity index (χ0n) is 9.13. The summed E-state index contributed by atoms with van der Waals surface area (Å²) in [6.45, 7) is 0.186. The van der Waals surface area contributed by atoms with Crippen molar-refractivity contribution in [1.29, 1.82) is 0 Å². The fourth-order valence-electron chi connectivity index (χ4n) is 1.80. The first-order chi connectivity index (χ1) is 7.90. The number of nitrogens with zero attached hydrogens (tertiary/aromatic N) is 1. The average molecular weight is 213 g/mol. The van der Waals surface area contributed by atoms with Gasteiger partial charge >= 0.3 is 0 Å². The number of aromatic nitrogens is 1. The minimum absolute atomic E-state index is 0.186. The van der Waals surface area contributed by atoms with Gasteiger partial charge < -0.3 is 5.11 Å². The first-order valence-electron chi connectivity index (χ1n) is 5.46. The third-order valence-corrected chi connectivity index (χ3v) is 2.62. The predicted octanol–water partition coefficient (Wildman–Crippen LogP) is 2.21. The Labute approximate surface area is 95.6 Å². The van der Waals surface area contributed by atoms with Gasteiger partial charge in [0.15, 0.2) is 0 Å². The molecule has 0 saturated heterocycles. The van der Waals surface area contributed by atoms with E-state index >= 15 is 0 Å². The van der Waals surface area contributed by atoms with E-state index < -0.39 is 0 Å². The molecule has 1 aromatic heterocycles. The van der Waals surface area contributed by atoms with Crippen molar-refractivity contribution in [3.8, 4) is 0 Å². The highest BCUT2D eigenvalue weighted by atomic mass is 16.2. The quantitative estimate of drug-likeness (QED) is 0.844. The van der Waals surface area contributed by atoms with Crippen molar-refractivity contribution in [3.05, 3.63) is 65.5 Å². The normalized spacial score (nSPS) is 10.3. The van der Waals surface area contributed by atoms with Gasteiger partial charge in [0, 0.05) is 19.0 Å². The van der Waals surface area contributed by atoms with Gasteiger partial charge in [0.2, 0.25) is 0 Å². The maximum Gasteiger partial charge on any atom is 0.0471 e. The molecule has 0 radical (unpaired) electrons. The van der Waals surface area contributed by atoms with Gasteiger partial charge in [-0.05, 0) is 35.6 Å². The maximum atomic E-state index is 8.99. The van der Waals surface area contributed by atoms with E-state index in [0.29, 0.717) is 6.42 Å². The Balaban J connectivity index is 2.21. The lowest BCUT2D eigenvalue weighted by atomic mass is 10.0. The molecule has 0 spiro atoms. The summed E-state index contributed by atoms with van der Waals surface area (Å²) < 4.78 is 0. The highest BCUT2D eigenvalue weighted by molar-refractivity contribution is 5.30. The molecular formula is C14H15NO. The van der Waals surface area contributed by atoms with E-state index in [1.165, 1.54) is 16.7 Å². The molecule has 1 N–H and O–H groups in total. The highest BCUT2D eigenvalue weighted by Gasteiger charge is 2.02. The Morgan fingerprint density at radius 1 is 1.00 bits per heavy atom. The first kappa shape index (κ1) is 10.8. The lowest BCUT2D eigenvalue weighted by Crippen LogP contribution is -1.99. The average Bonchev–Trinajstić information content (AvgIpc) is 2.33. The fraction of sp³-hybridized carbons (Fsp3) is 0.214. The van der Waals surface area contributed by atoms with Gasteiger partial charge in [0.05, 0.1) is 0 Å². The highest BCUT2D eigenvalue weighted by Crippen LogP contribution is 2.13. The zero-order chi connectivity index (χ0) is 11.2. The number of aliphatic hydroxyl groups is 1. The van der Waals surface area contributed by atoms with Crippen molar-refractivity contribution < 1.29 is 5.11 Å². The van der Waals surface area contributed by atoms with Crippen molar-refractivity contribution in [2.75, 3.05) is 6.61 Å². The SMILES string of the molecule is OCCc1ccncc1Cc1ccccc1. The van der Waals surface area contributed by atoms with Crippen molar-refractivity contribution >= 4 is 0 Å². The van der Waals surface area contributed by atoms with Crippen LogP contribution in [-0.4, -0.2) is 16.7 Å². The summed E-state index contributed by atoms with van der Waals surface area (Å²) in [4.78, 5) is 4.14. The van der Waals surface area contributed by atoms with E-state index in [1.54, 1.807) is 6.20 Å². The molecule has 16 heavy (non-hydrogen) atoms. The first-order valence-corrected chi connectivity index (χ1v) is 5.46. The van der Waals surface area contributed by atoms with Gasteiger partial charge in [0.25, 0.3) is 0 Å². The van der Waals surface area contributed by atoms with Crippen LogP contribution in [0.5, 0.6) is 0 Å². The topological polar surface area (TPSA) is 33.1 Å². The fourth-order valence-corrected chi connectivity index (χ4v) is 1.80. The van der Waals surface area contributed by atoms with Crippen molar-refractivity contribution in [1.82, 2.24) is 4.98 Å². The van der Waals surface area contributed by atoms with Crippen LogP contribution in [0.15, 0.2) is 48.8 Å². The standard InChI is InChI=1S/C14H15NO/c16-9-7-13-6-8-15-11-14(13)10-12-4-2-1-3-5-12/h1-6,8,11,16H,7,9-10H2. The van der Waals surface area contributed by atoms with Gasteiger partial charge in [-0.2, -0.15) is 0 Å². The Morgan fingerprint density at radius 2 is 1.81 bits per heavy atom. The molecule has 82 valence electrons. The van der Waals surface area contributed by atoms with Crippen LogP contribution in [0, 0.1) is 0 Å². The van der Waals surface area contributed by atoms with E-state index in [1.807, 2.05) is 30.5 Å². The van der Waals surface area contributed by atoms with Gasteiger partial charge in [-0.15, -0.1) is 0 Å². The lowest BCUT2D eigenvalue weighted by molar-refractivity contribution is 0.299. The summed E-state index contributed by atoms with van der Waals surface area (Å²) in [7, 11) is 0. The van der Waals surface area contributed by atoms with E-state index in [-0.39, 0.29) is 6.61 Å². The van der Waals surface area contributed by atoms with E-state index in [2.05, 4.69) is 17.1 Å². The number of hydrogen-bond acceptors (Lipinski definition) is 2. The summed E-state index contributed by atoms with van der Waals surface area (Å²) in [5.74, 6) is 0. The van der Waals surface area contributed by atoms with Crippen molar-refractivity contribution in [3.63, 3.8) is 0 Å². The van der Waals surface area contributed by atoms with Crippen LogP contribution < -0.4 is 0 Å². The van der Waals surface area contributed by atoms with Crippen LogP contribution in [0.1, 0.15) is 16.7 Å². The number of benzene rings is 1. The second-order valence-electron chi connectivity index (χ2n) is 3.78. The van der Waals surface area contributed by atoms with Crippen LogP contribution in [0.25, 0.3) is 0 Å². The number of aliphatic hydroxyl groups excluding tert-OH is 1. The summed E-state index contributed by atoms with van der Waals surface area (Å²) in [6, 6.07) is 12.3. The van der Waals surface area contributed by atoms with Crippen LogP contribution in [-0.2, 0) is 12.8 Å². The number of pyridine rings is 1. The van der Waals surface area contributed by atoms with Crippen LogP contribution in [0.2, 0.25) is 0 Å². The molecule has 0 unspecified atom stereocenters. The molecule has 0 aliphatic heterocycles. The molecule has 0 bridgehead atoms. The van der Waals surface area contributed by atoms with Crippen molar-refractivity contribution in [2.45, 2.75) is 12.8 Å². The molecule has 2 aromatic rings. The van der Waals surface area contributed by atoms with Gasteiger partial charge in [-0.25, -0.2) is 0 Å². The monoisotopic (exact) mass is 213 g/mol. The maximum absolute atomic E-state index is 8.99. The molecule has 2 nitrogen and oxygen atoms in total. The largest absolute Gasteiger partial charge is 0.396 e. The number of hydrogen-bond donors (Lipinski definition) is 1. The van der Waals surface area contributed by atoms with E-state index in [4.69, 9.17) is 5.11 Å². The van der Waals surface area contributed by atoms with Crippen LogP contribution in [0.3, 0.4) is 0 Å². The molecule has 0 atom stereocenters. The second-order valence-corrected chi connectivity index (χ2v) is 3.78. The second kappa shape index (κ2) is 5.42. The summed E-state index contributed by atoms with van der Waals surface area (Å²) in [5, 5.41) is 8.99. The summed E-state index contributed by atoms with van der Waals surface area (Å²) >= 11 is 0. The van der Waals surface area contributed by atoms with Gasteiger partial charge in [-0.3, -0.25) is 4.98 Å². The van der Waals surface area contributed by atoms with Gasteiger partial charge in [0.1, 0.15) is 0 Å². The van der Waals surface area contributed by atoms with Crippen LogP contribution >= 0.6 is 0 Å². The Morgan fingerprint density at radius 3 is 2.56 bits per heavy atom. The Kier molecular flexibility index (Phi) is 3.67. The lowest BCUT2D eigenvalue weighted by Gasteiger charge is -2.07. The smallest absolute Gasteiger partial charge is 0.0471 e. The molecule has 0 saturated carbocycles. The summed E-state index contributed by atoms with van der Waals surface area (Å²) in [5.41, 5.74) is 3.65. The predicted molar refractivity (Wildman–Crippen MR) is 64.3 cm³/mol. The molecule has 2 rings (SSSR count). The number of rotatable bonds is 4. The molecule has 0 amide bonds. The molecule has 0 fully saturated rings. The molecule has 1 heterocycles. The molecule has 0 aliphatic rings. The Bertz CT molecular complexity index is 439. The zero-order valence-corrected chi connectivity index (χ0v) is 9.13. The third kappa shape index (κ3) is 2.67. The minimum Gasteiger partial charge on any atom is -0.396 e. The van der Waals surface area contributed by atoms with E-state index in [0.717, 1.165) is 6.42 Å². The molecule has 2 heteroatoms. The summed E-state index contributed by atoms with van der Waals surface area (Å²) in [6.07, 6.45) is 5.24. The van der Waals surface area contributed by atoms with Crippen molar-refractivity contribution in [2.24, 2.45) is 0 Å². The van der Waals surface area contributed by atoms with E-state index in [9.17, 15) is 0 Å². The Hall–Kier alpha value is -1.67. The minimum atomic E-state index is 0.186. The third-order valence-electron chi connectivity index (χ3n) is 2.62. The van der Waals surface area contributed by atoms with Gasteiger partial charge in [-0.1, -0.05) is 30.3 Å². The van der Waals surface area contributed by atoms with Crippen LogP contribution in [0.4, 0.5) is 0 Å². The molecule has 1 aromatic carbocycles. The molecular weight excluding hydrogens is 198 g/mol.